The van der Waals surface area contributed by atoms with Crippen LogP contribution in [-0.2, 0) is 25.4 Å². The van der Waals surface area contributed by atoms with Crippen LogP contribution in [-0.4, -0.2) is 63.5 Å². The minimum absolute atomic E-state index is 0.161. The van der Waals surface area contributed by atoms with Crippen molar-refractivity contribution in [3.8, 4) is 0 Å². The summed E-state index contributed by atoms with van der Waals surface area (Å²) in [5.41, 5.74) is 2.87. The number of hydrogen-bond donors (Lipinski definition) is 3. The summed E-state index contributed by atoms with van der Waals surface area (Å²) in [5.74, 6) is -0.716. The third kappa shape index (κ3) is 6.51. The van der Waals surface area contributed by atoms with Gasteiger partial charge in [-0.25, -0.2) is 0 Å². The van der Waals surface area contributed by atoms with E-state index in [9.17, 15) is 14.4 Å². The van der Waals surface area contributed by atoms with Gasteiger partial charge in [-0.15, -0.1) is 0 Å². The molecule has 0 radical (unpaired) electrons. The van der Waals surface area contributed by atoms with Gasteiger partial charge in [0.25, 0.3) is 11.8 Å². The normalized spacial score (nSPS) is 11.2. The SMILES string of the molecule is CN(C)CCCCNC(=O)c1cc(NC(=O)c2cc(NC(=O)Cn3ccc4ccccc43)cn2C)cn1C. The van der Waals surface area contributed by atoms with Crippen molar-refractivity contribution in [1.82, 2.24) is 23.9 Å². The molecule has 0 atom stereocenters. The van der Waals surface area contributed by atoms with Gasteiger partial charge < -0.3 is 34.6 Å². The number of benzene rings is 1. The highest BCUT2D eigenvalue weighted by atomic mass is 16.2. The number of unbranched alkanes of at least 4 members (excludes halogenated alkanes) is 1. The lowest BCUT2D eigenvalue weighted by atomic mass is 10.2. The number of aryl methyl sites for hydroxylation is 2. The predicted octanol–water partition coefficient (Wildman–Crippen LogP) is 3.28. The van der Waals surface area contributed by atoms with Gasteiger partial charge in [0.05, 0.1) is 11.4 Å². The number of nitrogens with one attached hydrogen (secondary N) is 3. The van der Waals surface area contributed by atoms with Gasteiger partial charge in [-0.1, -0.05) is 18.2 Å². The first kappa shape index (κ1) is 26.7. The Kier molecular flexibility index (Phi) is 8.32. The van der Waals surface area contributed by atoms with Crippen molar-refractivity contribution in [3.63, 3.8) is 0 Å². The molecular formula is C28H35N7O3. The maximum Gasteiger partial charge on any atom is 0.272 e. The van der Waals surface area contributed by atoms with E-state index in [4.69, 9.17) is 0 Å². The van der Waals surface area contributed by atoms with Gasteiger partial charge in [-0.3, -0.25) is 14.4 Å². The fourth-order valence-electron chi connectivity index (χ4n) is 4.39. The highest BCUT2D eigenvalue weighted by Crippen LogP contribution is 2.19. The standard InChI is InChI=1S/C28H35N7O3/c1-32(2)13-8-7-12-29-27(37)24-16-22(18-33(24)3)31-28(38)25-15-21(17-34(25)4)30-26(36)19-35-14-11-20-9-5-6-10-23(20)35/h5-6,9-11,14-18H,7-8,12-13,19H2,1-4H3,(H,29,37)(H,30,36)(H,31,38). The molecule has 0 bridgehead atoms. The third-order valence-corrected chi connectivity index (χ3v) is 6.33. The average molecular weight is 518 g/mol. The molecule has 4 rings (SSSR count). The van der Waals surface area contributed by atoms with Crippen molar-refractivity contribution < 1.29 is 14.4 Å². The molecule has 0 unspecified atom stereocenters. The summed E-state index contributed by atoms with van der Waals surface area (Å²) < 4.78 is 5.22. The first-order valence-corrected chi connectivity index (χ1v) is 12.6. The van der Waals surface area contributed by atoms with Crippen molar-refractivity contribution in [3.05, 3.63) is 72.4 Å². The number of aromatic nitrogens is 3. The number of carbonyl (C=O) groups is 3. The van der Waals surface area contributed by atoms with Crippen LogP contribution in [0.5, 0.6) is 0 Å². The molecule has 10 nitrogen and oxygen atoms in total. The molecular weight excluding hydrogens is 482 g/mol. The van der Waals surface area contributed by atoms with Crippen LogP contribution in [0.3, 0.4) is 0 Å². The molecule has 0 aliphatic heterocycles. The van der Waals surface area contributed by atoms with Crippen molar-refractivity contribution in [1.29, 1.82) is 0 Å². The van der Waals surface area contributed by atoms with Crippen LogP contribution in [0.1, 0.15) is 33.8 Å². The van der Waals surface area contributed by atoms with Gasteiger partial charge in [0.2, 0.25) is 5.91 Å². The van der Waals surface area contributed by atoms with E-state index in [1.165, 1.54) is 0 Å². The van der Waals surface area contributed by atoms with Gasteiger partial charge in [-0.2, -0.15) is 0 Å². The lowest BCUT2D eigenvalue weighted by Crippen LogP contribution is -2.26. The Bertz CT molecular complexity index is 1440. The van der Waals surface area contributed by atoms with Gasteiger partial charge in [0.15, 0.2) is 0 Å². The minimum Gasteiger partial charge on any atom is -0.351 e. The van der Waals surface area contributed by atoms with E-state index >= 15 is 0 Å². The van der Waals surface area contributed by atoms with Crippen LogP contribution in [0.15, 0.2) is 61.1 Å². The van der Waals surface area contributed by atoms with E-state index < -0.39 is 0 Å². The van der Waals surface area contributed by atoms with E-state index in [0.29, 0.717) is 29.3 Å². The Labute approximate surface area is 222 Å². The summed E-state index contributed by atoms with van der Waals surface area (Å²) in [5, 5.41) is 9.71. The van der Waals surface area contributed by atoms with Crippen molar-refractivity contribution in [2.45, 2.75) is 19.4 Å². The first-order chi connectivity index (χ1) is 18.2. The molecule has 3 heterocycles. The molecule has 3 aromatic heterocycles. The number of anilines is 2. The molecule has 0 fully saturated rings. The Hall–Kier alpha value is -4.31. The van der Waals surface area contributed by atoms with E-state index in [-0.39, 0.29) is 24.3 Å². The zero-order chi connectivity index (χ0) is 27.2. The molecule has 0 aliphatic rings. The zero-order valence-electron chi connectivity index (χ0n) is 22.3. The third-order valence-electron chi connectivity index (χ3n) is 6.33. The highest BCUT2D eigenvalue weighted by molar-refractivity contribution is 6.05. The lowest BCUT2D eigenvalue weighted by Gasteiger charge is -2.09. The maximum absolute atomic E-state index is 13.0. The van der Waals surface area contributed by atoms with Gasteiger partial charge in [-0.05, 0) is 63.1 Å². The Morgan fingerprint density at radius 3 is 2.21 bits per heavy atom. The number of rotatable bonds is 11. The molecule has 0 aliphatic carbocycles. The maximum atomic E-state index is 13.0. The Morgan fingerprint density at radius 2 is 1.50 bits per heavy atom. The molecule has 3 amide bonds. The van der Waals surface area contributed by atoms with Gasteiger partial charge in [0.1, 0.15) is 17.9 Å². The fourth-order valence-corrected chi connectivity index (χ4v) is 4.39. The molecule has 200 valence electrons. The molecule has 3 N–H and O–H groups in total. The second kappa shape index (κ2) is 11.8. The molecule has 1 aromatic carbocycles. The monoisotopic (exact) mass is 517 g/mol. The van der Waals surface area contributed by atoms with Crippen LogP contribution in [0.25, 0.3) is 10.9 Å². The van der Waals surface area contributed by atoms with Crippen LogP contribution >= 0.6 is 0 Å². The van der Waals surface area contributed by atoms with E-state index in [2.05, 4.69) is 20.9 Å². The van der Waals surface area contributed by atoms with Crippen molar-refractivity contribution in [2.24, 2.45) is 14.1 Å². The summed E-state index contributed by atoms with van der Waals surface area (Å²) in [6.07, 6.45) is 7.18. The molecule has 38 heavy (non-hydrogen) atoms. The zero-order valence-corrected chi connectivity index (χ0v) is 22.3. The van der Waals surface area contributed by atoms with Crippen molar-refractivity contribution in [2.75, 3.05) is 37.8 Å². The van der Waals surface area contributed by atoms with Crippen LogP contribution in [0.2, 0.25) is 0 Å². The number of para-hydroxylation sites is 1. The van der Waals surface area contributed by atoms with E-state index in [1.54, 1.807) is 47.8 Å². The molecule has 0 saturated heterocycles. The summed E-state index contributed by atoms with van der Waals surface area (Å²) in [6, 6.07) is 13.1. The molecule has 4 aromatic rings. The molecule has 0 saturated carbocycles. The minimum atomic E-state index is -0.342. The fraction of sp³-hybridized carbons (Fsp3) is 0.321. The number of amides is 3. The van der Waals surface area contributed by atoms with E-state index in [1.807, 2.05) is 55.2 Å². The second-order valence-electron chi connectivity index (χ2n) is 9.72. The summed E-state index contributed by atoms with van der Waals surface area (Å²) in [7, 11) is 7.56. The summed E-state index contributed by atoms with van der Waals surface area (Å²) in [4.78, 5) is 40.3. The van der Waals surface area contributed by atoms with Crippen LogP contribution in [0.4, 0.5) is 11.4 Å². The predicted molar refractivity (Wildman–Crippen MR) is 149 cm³/mol. The average Bonchev–Trinajstić information content (AvgIpc) is 3.55. The number of nitrogens with zero attached hydrogens (tertiary/aromatic N) is 4. The van der Waals surface area contributed by atoms with E-state index in [0.717, 1.165) is 30.3 Å². The molecule has 10 heteroatoms. The number of hydrogen-bond acceptors (Lipinski definition) is 4. The Balaban J connectivity index is 1.33. The van der Waals surface area contributed by atoms with Gasteiger partial charge in [0, 0.05) is 44.7 Å². The number of carbonyl (C=O) groups excluding carboxylic acids is 3. The summed E-state index contributed by atoms with van der Waals surface area (Å²) >= 11 is 0. The Morgan fingerprint density at radius 1 is 0.842 bits per heavy atom. The highest BCUT2D eigenvalue weighted by Gasteiger charge is 2.17. The van der Waals surface area contributed by atoms with Crippen LogP contribution < -0.4 is 16.0 Å². The van der Waals surface area contributed by atoms with Gasteiger partial charge >= 0.3 is 0 Å². The first-order valence-electron chi connectivity index (χ1n) is 12.6. The quantitative estimate of drug-likeness (QED) is 0.266. The lowest BCUT2D eigenvalue weighted by molar-refractivity contribution is -0.116. The molecule has 0 spiro atoms. The largest absolute Gasteiger partial charge is 0.351 e. The second-order valence-corrected chi connectivity index (χ2v) is 9.72. The van der Waals surface area contributed by atoms with Crippen molar-refractivity contribution >= 4 is 40.0 Å². The number of fused-ring (bicyclic) bond motifs is 1. The topological polar surface area (TPSA) is 105 Å². The smallest absolute Gasteiger partial charge is 0.272 e. The van der Waals surface area contributed by atoms with Crippen LogP contribution in [0, 0.1) is 0 Å². The summed E-state index contributed by atoms with van der Waals surface area (Å²) in [6.45, 7) is 1.73.